The van der Waals surface area contributed by atoms with Crippen molar-refractivity contribution in [3.05, 3.63) is 0 Å². The first-order valence-electron chi connectivity index (χ1n) is 23.6. The predicted molar refractivity (Wildman–Crippen MR) is 220 cm³/mol. The van der Waals surface area contributed by atoms with Crippen molar-refractivity contribution in [2.45, 2.75) is 182 Å². The van der Waals surface area contributed by atoms with Gasteiger partial charge in [0.1, 0.15) is 11.6 Å². The molecule has 0 spiro atoms. The van der Waals surface area contributed by atoms with Gasteiger partial charge in [-0.05, 0) is 184 Å². The van der Waals surface area contributed by atoms with Crippen LogP contribution in [0.4, 0.5) is 0 Å². The predicted octanol–water partition coefficient (Wildman–Crippen LogP) is 9.46. The van der Waals surface area contributed by atoms with E-state index in [1.807, 2.05) is 0 Å². The average Bonchev–Trinajstić information content (AvgIpc) is 3.73. The smallest absolute Gasteiger partial charge is 0.305 e. The first-order chi connectivity index (χ1) is 26.9. The summed E-state index contributed by atoms with van der Waals surface area (Å²) in [4.78, 5) is 48.4. The molecule has 8 fully saturated rings. The lowest BCUT2D eigenvalue weighted by atomic mass is 9.43. The first-order valence-corrected chi connectivity index (χ1v) is 23.6. The van der Waals surface area contributed by atoms with Crippen LogP contribution in [0.25, 0.3) is 0 Å². The van der Waals surface area contributed by atoms with Crippen molar-refractivity contribution in [1.29, 1.82) is 0 Å². The number of ketones is 2. The van der Waals surface area contributed by atoms with Crippen molar-refractivity contribution in [1.82, 2.24) is 0 Å². The zero-order chi connectivity index (χ0) is 41.2. The zero-order valence-electron chi connectivity index (χ0n) is 36.6. The van der Waals surface area contributed by atoms with Crippen molar-refractivity contribution < 1.29 is 39.2 Å². The molecule has 0 aromatic rings. The van der Waals surface area contributed by atoms with Crippen LogP contribution < -0.4 is 0 Å². The standard InChI is InChI=1S/C25H38O4.C24H40O4/c1-15(5-10-23(28)29-4)19-8-9-20-18-7-6-16-13-17(26)11-12-24(16,2)21(18)14-22(27)25(19,20)3;1-14(4-9-22(27)28)18-7-8-19-17-6-5-15-12-16(25)10-11-23(15,2)20(17)13-21(26)24(18,19)3/h15-16,18-21H,5-14H2,1-4H3;14-21,25-26H,4-13H2,1-3H3,(H,27,28)/t15-,16-,18?,19?,20?,21?,24+,25-;14-,15-,16-,17?,18?,19?,20?,21+,23+,24-/m11/s1. The van der Waals surface area contributed by atoms with Gasteiger partial charge in [0, 0.05) is 37.5 Å². The number of carbonyl (C=O) groups is 4. The molecule has 8 aliphatic carbocycles. The fourth-order valence-corrected chi connectivity index (χ4v) is 17.1. The van der Waals surface area contributed by atoms with Crippen molar-refractivity contribution in [3.63, 3.8) is 0 Å². The van der Waals surface area contributed by atoms with E-state index in [4.69, 9.17) is 9.84 Å². The fraction of sp³-hybridized carbons (Fsp3) is 0.918. The Labute approximate surface area is 343 Å². The Bertz CT molecular complexity index is 1530. The molecule has 8 rings (SSSR count). The number of ether oxygens (including phenoxy) is 1. The van der Waals surface area contributed by atoms with Gasteiger partial charge in [-0.3, -0.25) is 19.2 Å². The third-order valence-corrected chi connectivity index (χ3v) is 20.4. The molecule has 8 aliphatic rings. The minimum absolute atomic E-state index is 0.0591. The maximum absolute atomic E-state index is 13.7. The summed E-state index contributed by atoms with van der Waals surface area (Å²) in [5.74, 6) is 6.10. The van der Waals surface area contributed by atoms with Gasteiger partial charge >= 0.3 is 11.9 Å². The summed E-state index contributed by atoms with van der Waals surface area (Å²) in [6.07, 6.45) is 18.3. The number of hydrogen-bond donors (Lipinski definition) is 3. The monoisotopic (exact) mass is 795 g/mol. The third kappa shape index (κ3) is 7.30. The number of Topliss-reactive ketones (excluding diaryl/α,β-unsaturated/α-hetero) is 2. The normalized spacial score (nSPS) is 48.4. The van der Waals surface area contributed by atoms with Crippen LogP contribution in [0.1, 0.15) is 170 Å². The highest BCUT2D eigenvalue weighted by Gasteiger charge is 2.65. The average molecular weight is 795 g/mol. The second kappa shape index (κ2) is 16.2. The van der Waals surface area contributed by atoms with Gasteiger partial charge in [0.15, 0.2) is 0 Å². The molecule has 0 aliphatic heterocycles. The van der Waals surface area contributed by atoms with Crippen molar-refractivity contribution in [3.8, 4) is 0 Å². The summed E-state index contributed by atoms with van der Waals surface area (Å²) < 4.78 is 4.83. The van der Waals surface area contributed by atoms with Crippen LogP contribution >= 0.6 is 0 Å². The van der Waals surface area contributed by atoms with Gasteiger partial charge in [-0.2, -0.15) is 0 Å². The molecular weight excluding hydrogens is 717 g/mol. The fourth-order valence-electron chi connectivity index (χ4n) is 17.1. The molecular formula is C49H78O8. The van der Waals surface area contributed by atoms with Gasteiger partial charge in [0.2, 0.25) is 0 Å². The van der Waals surface area contributed by atoms with E-state index in [9.17, 15) is 29.4 Å². The van der Waals surface area contributed by atoms with Crippen LogP contribution in [-0.2, 0) is 23.9 Å². The van der Waals surface area contributed by atoms with E-state index in [0.29, 0.717) is 102 Å². The number of carbonyl (C=O) groups excluding carboxylic acids is 3. The van der Waals surface area contributed by atoms with Gasteiger partial charge in [-0.1, -0.05) is 41.5 Å². The Balaban J connectivity index is 0.000000174. The van der Waals surface area contributed by atoms with E-state index in [0.717, 1.165) is 77.0 Å². The van der Waals surface area contributed by atoms with Crippen molar-refractivity contribution in [2.24, 2.45) is 92.7 Å². The molecule has 0 heterocycles. The molecule has 8 heteroatoms. The van der Waals surface area contributed by atoms with Crippen LogP contribution in [0, 0.1) is 92.7 Å². The van der Waals surface area contributed by atoms with E-state index in [1.165, 1.54) is 32.8 Å². The lowest BCUT2D eigenvalue weighted by Gasteiger charge is -2.62. The Morgan fingerprint density at radius 3 is 2.02 bits per heavy atom. The summed E-state index contributed by atoms with van der Waals surface area (Å²) in [6.45, 7) is 13.9. The maximum Gasteiger partial charge on any atom is 0.305 e. The summed E-state index contributed by atoms with van der Waals surface area (Å²) in [6, 6.07) is 0. The Kier molecular flexibility index (Phi) is 12.3. The molecule has 0 amide bonds. The first kappa shape index (κ1) is 43.3. The van der Waals surface area contributed by atoms with Gasteiger partial charge in [-0.15, -0.1) is 0 Å². The SMILES string of the molecule is COC(=O)CC[C@@H](C)C1CCC2C3CC[C@@H]4CC(=O)CC[C@]4(C)C3CC(=O)[C@@]21C.C[C@H](CCC(=O)O)C1CCC2C3CC[C@@H]4C[C@H](O)CC[C@]4(C)C3C[C@H](O)[C@@]21C. The van der Waals surface area contributed by atoms with Gasteiger partial charge in [0.25, 0.3) is 0 Å². The van der Waals surface area contributed by atoms with Gasteiger partial charge in [-0.25, -0.2) is 0 Å². The summed E-state index contributed by atoms with van der Waals surface area (Å²) in [7, 11) is 1.44. The van der Waals surface area contributed by atoms with E-state index in [2.05, 4.69) is 41.5 Å². The largest absolute Gasteiger partial charge is 0.481 e. The third-order valence-electron chi connectivity index (χ3n) is 20.4. The van der Waals surface area contributed by atoms with Gasteiger partial charge in [0.05, 0.1) is 19.3 Å². The number of methoxy groups -OCH3 is 1. The molecule has 8 nitrogen and oxygen atoms in total. The molecule has 3 N–H and O–H groups in total. The molecule has 8 saturated carbocycles. The van der Waals surface area contributed by atoms with Crippen LogP contribution in [-0.4, -0.2) is 58.1 Å². The number of aliphatic hydroxyl groups is 2. The zero-order valence-corrected chi connectivity index (χ0v) is 36.6. The Morgan fingerprint density at radius 1 is 0.702 bits per heavy atom. The lowest BCUT2D eigenvalue weighted by Crippen LogP contribution is -2.58. The molecule has 57 heavy (non-hydrogen) atoms. The number of fused-ring (bicyclic) bond motifs is 10. The molecule has 0 aromatic heterocycles. The summed E-state index contributed by atoms with van der Waals surface area (Å²) in [5.41, 5.74) is 0.153. The van der Waals surface area contributed by atoms with E-state index >= 15 is 0 Å². The highest BCUT2D eigenvalue weighted by atomic mass is 16.5. The highest BCUT2D eigenvalue weighted by Crippen LogP contribution is 2.69. The van der Waals surface area contributed by atoms with Crippen LogP contribution in [0.15, 0.2) is 0 Å². The maximum atomic E-state index is 13.7. The van der Waals surface area contributed by atoms with Crippen LogP contribution in [0.2, 0.25) is 0 Å². The number of esters is 1. The molecule has 0 aromatic carbocycles. The van der Waals surface area contributed by atoms with E-state index in [1.54, 1.807) is 0 Å². The van der Waals surface area contributed by atoms with E-state index < -0.39 is 5.97 Å². The lowest BCUT2D eigenvalue weighted by molar-refractivity contribution is -0.175. The number of aliphatic carboxylic acids is 1. The Hall–Kier alpha value is -1.80. The number of rotatable bonds is 8. The molecule has 322 valence electrons. The van der Waals surface area contributed by atoms with Crippen LogP contribution in [0.5, 0.6) is 0 Å². The number of hydrogen-bond acceptors (Lipinski definition) is 7. The quantitative estimate of drug-likeness (QED) is 0.207. The van der Waals surface area contributed by atoms with Gasteiger partial charge < -0.3 is 20.1 Å². The molecule has 0 radical (unpaired) electrons. The van der Waals surface area contributed by atoms with Crippen molar-refractivity contribution in [2.75, 3.05) is 7.11 Å². The molecule has 8 unspecified atom stereocenters. The Morgan fingerprint density at radius 2 is 1.32 bits per heavy atom. The van der Waals surface area contributed by atoms with Crippen LogP contribution in [0.3, 0.4) is 0 Å². The minimum Gasteiger partial charge on any atom is -0.481 e. The molecule has 0 bridgehead atoms. The second-order valence-corrected chi connectivity index (χ2v) is 22.4. The highest BCUT2D eigenvalue weighted by molar-refractivity contribution is 5.87. The number of carboxylic acids is 1. The summed E-state index contributed by atoms with van der Waals surface area (Å²) >= 11 is 0. The topological polar surface area (TPSA) is 138 Å². The second-order valence-electron chi connectivity index (χ2n) is 22.4. The number of carboxylic acid groups (broad SMARTS) is 1. The van der Waals surface area contributed by atoms with E-state index in [-0.39, 0.29) is 46.3 Å². The van der Waals surface area contributed by atoms with Crippen molar-refractivity contribution >= 4 is 23.5 Å². The number of aliphatic hydroxyl groups excluding tert-OH is 2. The molecule has 18 atom stereocenters. The summed E-state index contributed by atoms with van der Waals surface area (Å²) in [5, 5.41) is 30.8. The minimum atomic E-state index is -0.707. The molecule has 0 saturated heterocycles.